The molecule has 0 bridgehead atoms. The maximum atomic E-state index is 11.9. The van der Waals surface area contributed by atoms with Crippen LogP contribution in [0, 0.1) is 0 Å². The normalized spacial score (nSPS) is 16.1. The molecule has 0 fully saturated rings. The minimum atomic E-state index is -0.0203. The number of ketones is 1. The molecule has 0 unspecified atom stereocenters. The second-order valence-corrected chi connectivity index (χ2v) is 5.03. The topological polar surface area (TPSA) is 33.5 Å². The van der Waals surface area contributed by atoms with Crippen LogP contribution in [0.25, 0.3) is 0 Å². The van der Waals surface area contributed by atoms with E-state index in [1.54, 1.807) is 6.08 Å². The van der Waals surface area contributed by atoms with E-state index in [1.165, 1.54) is 5.56 Å². The third-order valence-corrected chi connectivity index (χ3v) is 3.94. The Hall–Kier alpha value is -2.29. The molecule has 1 aromatic carbocycles. The summed E-state index contributed by atoms with van der Waals surface area (Å²) >= 11 is 0. The maximum Gasteiger partial charge on any atom is 0.221 e. The number of rotatable bonds is 0. The molecule has 0 saturated carbocycles. The lowest BCUT2D eigenvalue weighted by Crippen LogP contribution is -2.17. The summed E-state index contributed by atoms with van der Waals surface area (Å²) in [5, 5.41) is 0. The van der Waals surface area contributed by atoms with Crippen LogP contribution in [-0.2, 0) is 12.8 Å². The zero-order valence-electron chi connectivity index (χ0n) is 10.6. The first-order chi connectivity index (χ1) is 9.25. The predicted octanol–water partition coefficient (Wildman–Crippen LogP) is 3.25. The monoisotopic (exact) mass is 251 g/mol. The summed E-state index contributed by atoms with van der Waals surface area (Å²) in [6.07, 6.45) is 5.15. The van der Waals surface area contributed by atoms with Crippen LogP contribution in [0.2, 0.25) is 0 Å². The molecule has 0 amide bonds. The number of hydrogen-bond donors (Lipinski definition) is 0. The van der Waals surface area contributed by atoms with Gasteiger partial charge in [-0.05, 0) is 24.1 Å². The van der Waals surface area contributed by atoms with Gasteiger partial charge in [-0.15, -0.1) is 0 Å². The average molecular weight is 251 g/mol. The highest BCUT2D eigenvalue weighted by Crippen LogP contribution is 2.42. The molecule has 0 radical (unpaired) electrons. The smallest absolute Gasteiger partial charge is 0.221 e. The Bertz CT molecular complexity index is 724. The fraction of sp³-hybridized carbons (Fsp3) is 0.188. The van der Waals surface area contributed by atoms with Gasteiger partial charge in [-0.2, -0.15) is 0 Å². The van der Waals surface area contributed by atoms with E-state index >= 15 is 0 Å². The van der Waals surface area contributed by atoms with Crippen molar-refractivity contribution < 1.29 is 9.21 Å². The van der Waals surface area contributed by atoms with Gasteiger partial charge in [0.2, 0.25) is 11.7 Å². The highest BCUT2D eigenvalue weighted by atomic mass is 16.4. The first-order valence-corrected chi connectivity index (χ1v) is 6.43. The van der Waals surface area contributed by atoms with E-state index in [4.69, 9.17) is 4.42 Å². The number of fused-ring (bicyclic) bond motifs is 4. The van der Waals surface area contributed by atoms with Gasteiger partial charge in [-0.25, -0.2) is 0 Å². The third-order valence-electron chi connectivity index (χ3n) is 3.94. The molecule has 3 nitrogen and oxygen atoms in total. The summed E-state index contributed by atoms with van der Waals surface area (Å²) in [4.78, 5) is 13.9. The van der Waals surface area contributed by atoms with Gasteiger partial charge < -0.3 is 9.32 Å². The van der Waals surface area contributed by atoms with E-state index in [-0.39, 0.29) is 5.78 Å². The first-order valence-electron chi connectivity index (χ1n) is 6.43. The molecule has 1 aliphatic heterocycles. The zero-order valence-corrected chi connectivity index (χ0v) is 10.6. The fourth-order valence-electron chi connectivity index (χ4n) is 3.00. The molecular formula is C16H13NO2. The Kier molecular flexibility index (Phi) is 2.01. The molecule has 0 spiro atoms. The quantitative estimate of drug-likeness (QED) is 0.720. The second kappa shape index (κ2) is 3.60. The molecule has 2 heterocycles. The summed E-state index contributed by atoms with van der Waals surface area (Å²) in [5.41, 5.74) is 4.65. The molecule has 2 aliphatic rings. The van der Waals surface area contributed by atoms with Crippen LogP contribution in [0.5, 0.6) is 0 Å². The van der Waals surface area contributed by atoms with Crippen molar-refractivity contribution in [1.82, 2.24) is 0 Å². The van der Waals surface area contributed by atoms with Crippen LogP contribution in [0.1, 0.15) is 27.2 Å². The zero-order chi connectivity index (χ0) is 13.0. The molecule has 0 saturated heterocycles. The number of carbonyl (C=O) groups is 1. The third kappa shape index (κ3) is 1.35. The fourth-order valence-corrected chi connectivity index (χ4v) is 3.00. The Morgan fingerprint density at radius 3 is 2.95 bits per heavy atom. The average Bonchev–Trinajstić information content (AvgIpc) is 2.80. The highest BCUT2D eigenvalue weighted by Gasteiger charge is 2.31. The number of anilines is 2. The van der Waals surface area contributed by atoms with Crippen molar-refractivity contribution in [2.45, 2.75) is 12.8 Å². The molecular weight excluding hydrogens is 238 g/mol. The van der Waals surface area contributed by atoms with Crippen molar-refractivity contribution >= 4 is 17.4 Å². The van der Waals surface area contributed by atoms with Crippen LogP contribution in [-0.4, -0.2) is 12.8 Å². The minimum absolute atomic E-state index is 0.0203. The molecule has 3 heteroatoms. The van der Waals surface area contributed by atoms with Gasteiger partial charge in [0.1, 0.15) is 0 Å². The summed E-state index contributed by atoms with van der Waals surface area (Å²) in [6, 6.07) is 8.29. The number of allylic oxidation sites excluding steroid dienone is 2. The molecule has 0 atom stereocenters. The Morgan fingerprint density at radius 1 is 1.21 bits per heavy atom. The second-order valence-electron chi connectivity index (χ2n) is 5.03. The lowest BCUT2D eigenvalue weighted by atomic mass is 9.92. The molecule has 1 aromatic heterocycles. The SMILES string of the molecule is CN1c2ccccc2Cc2c1oc1c2CC=CC1=O. The summed E-state index contributed by atoms with van der Waals surface area (Å²) in [7, 11) is 1.99. The standard InChI is InChI=1S/C16H13NO2/c1-17-13-7-3-2-5-10(13)9-12-11-6-4-8-14(18)15(11)19-16(12)17/h2-5,7-8H,6,9H2,1H3. The van der Waals surface area contributed by atoms with Crippen molar-refractivity contribution in [3.8, 4) is 0 Å². The van der Waals surface area contributed by atoms with Gasteiger partial charge in [-0.1, -0.05) is 24.3 Å². The number of hydrogen-bond acceptors (Lipinski definition) is 3. The van der Waals surface area contributed by atoms with Gasteiger partial charge in [-0.3, -0.25) is 4.79 Å². The van der Waals surface area contributed by atoms with E-state index in [0.717, 1.165) is 35.5 Å². The maximum absolute atomic E-state index is 11.9. The number of furan rings is 1. The van der Waals surface area contributed by atoms with Crippen molar-refractivity contribution in [2.24, 2.45) is 0 Å². The predicted molar refractivity (Wildman–Crippen MR) is 73.2 cm³/mol. The summed E-state index contributed by atoms with van der Waals surface area (Å²) in [5.74, 6) is 1.32. The summed E-state index contributed by atoms with van der Waals surface area (Å²) < 4.78 is 5.84. The van der Waals surface area contributed by atoms with Gasteiger partial charge >= 0.3 is 0 Å². The highest BCUT2D eigenvalue weighted by molar-refractivity contribution is 6.05. The van der Waals surface area contributed by atoms with E-state index in [9.17, 15) is 4.79 Å². The van der Waals surface area contributed by atoms with Crippen LogP contribution in [0.4, 0.5) is 11.6 Å². The Morgan fingerprint density at radius 2 is 2.05 bits per heavy atom. The Labute approximate surface area is 111 Å². The van der Waals surface area contributed by atoms with Gasteiger partial charge in [0.15, 0.2) is 5.76 Å². The molecule has 1 aliphatic carbocycles. The molecule has 4 rings (SSSR count). The molecule has 94 valence electrons. The van der Waals surface area contributed by atoms with Gasteiger partial charge in [0.25, 0.3) is 0 Å². The number of benzene rings is 1. The minimum Gasteiger partial charge on any atom is -0.436 e. The van der Waals surface area contributed by atoms with Crippen LogP contribution >= 0.6 is 0 Å². The van der Waals surface area contributed by atoms with E-state index in [2.05, 4.69) is 18.2 Å². The van der Waals surface area contributed by atoms with Gasteiger partial charge in [0.05, 0.1) is 0 Å². The van der Waals surface area contributed by atoms with Gasteiger partial charge in [0, 0.05) is 30.3 Å². The van der Waals surface area contributed by atoms with E-state index in [0.29, 0.717) is 5.76 Å². The van der Waals surface area contributed by atoms with Crippen molar-refractivity contribution in [3.63, 3.8) is 0 Å². The van der Waals surface area contributed by atoms with Crippen molar-refractivity contribution in [3.05, 3.63) is 58.9 Å². The lowest BCUT2D eigenvalue weighted by Gasteiger charge is -2.26. The van der Waals surface area contributed by atoms with Crippen molar-refractivity contribution in [2.75, 3.05) is 11.9 Å². The van der Waals surface area contributed by atoms with E-state index < -0.39 is 0 Å². The van der Waals surface area contributed by atoms with Crippen LogP contribution in [0.3, 0.4) is 0 Å². The number of nitrogens with zero attached hydrogens (tertiary/aromatic N) is 1. The van der Waals surface area contributed by atoms with E-state index in [1.807, 2.05) is 24.1 Å². The lowest BCUT2D eigenvalue weighted by molar-refractivity contribution is 0.101. The number of para-hydroxylation sites is 1. The molecule has 19 heavy (non-hydrogen) atoms. The van der Waals surface area contributed by atoms with Crippen LogP contribution < -0.4 is 4.90 Å². The largest absolute Gasteiger partial charge is 0.436 e. The van der Waals surface area contributed by atoms with Crippen LogP contribution in [0.15, 0.2) is 40.8 Å². The Balaban J connectivity index is 1.93. The van der Waals surface area contributed by atoms with Crippen molar-refractivity contribution in [1.29, 1.82) is 0 Å². The molecule has 2 aromatic rings. The first kappa shape index (κ1) is 10.6. The summed E-state index contributed by atoms with van der Waals surface area (Å²) in [6.45, 7) is 0. The molecule has 0 N–H and O–H groups in total. The number of carbonyl (C=O) groups excluding carboxylic acids is 1.